The Morgan fingerprint density at radius 1 is 1.35 bits per heavy atom. The topological polar surface area (TPSA) is 80.5 Å². The van der Waals surface area contributed by atoms with E-state index in [1.165, 1.54) is 0 Å². The van der Waals surface area contributed by atoms with E-state index in [4.69, 9.17) is 22.1 Å². The number of hydrogen-bond donors (Lipinski definition) is 2. The number of nitrogens with two attached hydrogens (primary N) is 1. The number of carbonyl (C=O) groups is 1. The highest BCUT2D eigenvalue weighted by molar-refractivity contribution is 6.30. The highest BCUT2D eigenvalue weighted by atomic mass is 35.5. The fraction of sp³-hybridized carbons (Fsp3) is 0.294. The first-order chi connectivity index (χ1) is 11.5. The summed E-state index contributed by atoms with van der Waals surface area (Å²) in [4.78, 5) is 18.5. The van der Waals surface area contributed by atoms with Gasteiger partial charge in [-0.2, -0.15) is 0 Å². The van der Waals surface area contributed by atoms with Gasteiger partial charge in [0.05, 0.1) is 18.5 Å². The first kappa shape index (κ1) is 24.4. The molecule has 26 heavy (non-hydrogen) atoms. The van der Waals surface area contributed by atoms with Crippen LogP contribution in [0.1, 0.15) is 11.6 Å². The van der Waals surface area contributed by atoms with E-state index in [0.717, 1.165) is 12.2 Å². The summed E-state index contributed by atoms with van der Waals surface area (Å²) >= 11 is 5.92. The van der Waals surface area contributed by atoms with E-state index in [9.17, 15) is 4.79 Å². The van der Waals surface area contributed by atoms with Crippen LogP contribution in [-0.2, 0) is 9.53 Å². The molecule has 0 spiro atoms. The number of halogens is 3. The number of ether oxygens (including phenoxy) is 1. The molecule has 1 aromatic heterocycles. The summed E-state index contributed by atoms with van der Waals surface area (Å²) in [5, 5.41) is 3.25. The van der Waals surface area contributed by atoms with Crippen LogP contribution in [0.25, 0.3) is 0 Å². The number of pyridine rings is 1. The summed E-state index contributed by atoms with van der Waals surface area (Å²) in [5.41, 5.74) is 7.55. The number of anilines is 2. The average molecular weight is 422 g/mol. The number of rotatable bonds is 7. The van der Waals surface area contributed by atoms with E-state index in [2.05, 4.69) is 10.3 Å². The van der Waals surface area contributed by atoms with E-state index in [1.807, 2.05) is 18.0 Å². The van der Waals surface area contributed by atoms with Gasteiger partial charge in [-0.1, -0.05) is 23.7 Å². The highest BCUT2D eigenvalue weighted by Crippen LogP contribution is 2.18. The average Bonchev–Trinajstić information content (AvgIpc) is 2.59. The van der Waals surface area contributed by atoms with E-state index in [0.29, 0.717) is 23.0 Å². The number of carbonyl (C=O) groups excluding carboxylic acids is 1. The van der Waals surface area contributed by atoms with Gasteiger partial charge in [0.1, 0.15) is 11.9 Å². The van der Waals surface area contributed by atoms with Crippen LogP contribution < -0.4 is 16.0 Å². The van der Waals surface area contributed by atoms with Crippen LogP contribution in [0.3, 0.4) is 0 Å². The maximum Gasteiger partial charge on any atom is 0.247 e. The smallest absolute Gasteiger partial charge is 0.247 e. The lowest BCUT2D eigenvalue weighted by atomic mass is 10.1. The van der Waals surface area contributed by atoms with Gasteiger partial charge >= 0.3 is 0 Å². The first-order valence-corrected chi connectivity index (χ1v) is 7.87. The molecule has 3 N–H and O–H groups in total. The Morgan fingerprint density at radius 2 is 2.08 bits per heavy atom. The molecule has 2 aromatic rings. The summed E-state index contributed by atoms with van der Waals surface area (Å²) in [7, 11) is 3.61. The van der Waals surface area contributed by atoms with Crippen LogP contribution in [0.4, 0.5) is 11.5 Å². The molecule has 1 aromatic carbocycles. The Hall–Kier alpha value is -1.57. The molecule has 0 saturated heterocycles. The van der Waals surface area contributed by atoms with Crippen LogP contribution in [0.2, 0.25) is 5.02 Å². The lowest BCUT2D eigenvalue weighted by Crippen LogP contribution is -2.28. The second-order valence-corrected chi connectivity index (χ2v) is 5.77. The SMILES string of the molecule is COCCN(C)c1ccc(NC(=O)C(N)c2cccc(Cl)c2)nc1.Cl.Cl. The van der Waals surface area contributed by atoms with Crippen LogP contribution in [-0.4, -0.2) is 38.2 Å². The predicted molar refractivity (Wildman–Crippen MR) is 111 cm³/mol. The third-order valence-electron chi connectivity index (χ3n) is 3.56. The van der Waals surface area contributed by atoms with Crippen LogP contribution in [0.15, 0.2) is 42.6 Å². The van der Waals surface area contributed by atoms with Gasteiger partial charge in [-0.15, -0.1) is 24.8 Å². The van der Waals surface area contributed by atoms with Crippen molar-refractivity contribution in [3.05, 3.63) is 53.2 Å². The number of benzene rings is 1. The number of nitrogens with zero attached hydrogens (tertiary/aromatic N) is 2. The zero-order valence-electron chi connectivity index (χ0n) is 14.5. The van der Waals surface area contributed by atoms with Gasteiger partial charge in [-0.25, -0.2) is 4.98 Å². The maximum atomic E-state index is 12.2. The molecule has 1 heterocycles. The minimum Gasteiger partial charge on any atom is -0.383 e. The van der Waals surface area contributed by atoms with E-state index in [-0.39, 0.29) is 30.7 Å². The van der Waals surface area contributed by atoms with Gasteiger partial charge in [0, 0.05) is 25.7 Å². The zero-order valence-corrected chi connectivity index (χ0v) is 16.9. The van der Waals surface area contributed by atoms with Gasteiger partial charge < -0.3 is 20.7 Å². The van der Waals surface area contributed by atoms with Crippen molar-refractivity contribution in [2.75, 3.05) is 37.5 Å². The molecule has 144 valence electrons. The van der Waals surface area contributed by atoms with Gasteiger partial charge in [0.15, 0.2) is 0 Å². The monoisotopic (exact) mass is 420 g/mol. The Kier molecular flexibility index (Phi) is 11.2. The van der Waals surface area contributed by atoms with Crippen molar-refractivity contribution in [2.24, 2.45) is 5.73 Å². The Bertz CT molecular complexity index is 686. The minimum atomic E-state index is -0.811. The van der Waals surface area contributed by atoms with Crippen molar-refractivity contribution in [1.82, 2.24) is 4.98 Å². The molecular formula is C17H23Cl3N4O2. The van der Waals surface area contributed by atoms with E-state index >= 15 is 0 Å². The second kappa shape index (κ2) is 11.9. The maximum absolute atomic E-state index is 12.2. The molecule has 0 fully saturated rings. The normalized spacial score (nSPS) is 10.9. The summed E-state index contributed by atoms with van der Waals surface area (Å²) in [6.45, 7) is 1.38. The van der Waals surface area contributed by atoms with Gasteiger partial charge in [-0.05, 0) is 29.8 Å². The molecule has 0 aliphatic carbocycles. The van der Waals surface area contributed by atoms with Crippen molar-refractivity contribution in [2.45, 2.75) is 6.04 Å². The molecular weight excluding hydrogens is 399 g/mol. The van der Waals surface area contributed by atoms with Gasteiger partial charge in [0.2, 0.25) is 5.91 Å². The summed E-state index contributed by atoms with van der Waals surface area (Å²) in [5.74, 6) is 0.103. The fourth-order valence-electron chi connectivity index (χ4n) is 2.10. The predicted octanol–water partition coefficient (Wildman–Crippen LogP) is 3.30. The largest absolute Gasteiger partial charge is 0.383 e. The number of likely N-dealkylation sites (N-methyl/N-ethyl adjacent to an activating group) is 1. The van der Waals surface area contributed by atoms with Gasteiger partial charge in [0.25, 0.3) is 0 Å². The summed E-state index contributed by atoms with van der Waals surface area (Å²) < 4.78 is 5.04. The fourth-order valence-corrected chi connectivity index (χ4v) is 2.30. The molecule has 0 aliphatic heterocycles. The van der Waals surface area contributed by atoms with E-state index < -0.39 is 6.04 Å². The molecule has 1 atom stereocenters. The molecule has 1 amide bonds. The quantitative estimate of drug-likeness (QED) is 0.717. The third kappa shape index (κ3) is 6.97. The zero-order chi connectivity index (χ0) is 17.5. The van der Waals surface area contributed by atoms with Gasteiger partial charge in [-0.3, -0.25) is 4.79 Å². The number of methoxy groups -OCH3 is 1. The van der Waals surface area contributed by atoms with Crippen molar-refractivity contribution < 1.29 is 9.53 Å². The standard InChI is InChI=1S/C17H21ClN4O2.2ClH/c1-22(8-9-24-2)14-6-7-15(20-11-14)21-17(23)16(19)12-4-3-5-13(18)10-12;;/h3-7,10-11,16H,8-9,19H2,1-2H3,(H,20,21,23);2*1H. The van der Waals surface area contributed by atoms with Crippen molar-refractivity contribution in [3.8, 4) is 0 Å². The van der Waals surface area contributed by atoms with Crippen LogP contribution >= 0.6 is 36.4 Å². The number of aromatic nitrogens is 1. The third-order valence-corrected chi connectivity index (χ3v) is 3.80. The molecule has 0 aliphatic rings. The van der Waals surface area contributed by atoms with E-state index in [1.54, 1.807) is 43.6 Å². The molecule has 6 nitrogen and oxygen atoms in total. The van der Waals surface area contributed by atoms with Crippen molar-refractivity contribution >= 4 is 53.8 Å². The molecule has 0 bridgehead atoms. The lowest BCUT2D eigenvalue weighted by Gasteiger charge is -2.18. The van der Waals surface area contributed by atoms with Crippen molar-refractivity contribution in [3.63, 3.8) is 0 Å². The molecule has 9 heteroatoms. The Morgan fingerprint density at radius 3 is 2.65 bits per heavy atom. The highest BCUT2D eigenvalue weighted by Gasteiger charge is 2.16. The first-order valence-electron chi connectivity index (χ1n) is 7.49. The minimum absolute atomic E-state index is 0. The summed E-state index contributed by atoms with van der Waals surface area (Å²) in [6, 6.07) is 9.73. The van der Waals surface area contributed by atoms with Crippen LogP contribution in [0.5, 0.6) is 0 Å². The number of amides is 1. The Labute approximate surface area is 170 Å². The molecule has 2 rings (SSSR count). The van der Waals surface area contributed by atoms with Crippen LogP contribution in [0, 0.1) is 0 Å². The lowest BCUT2D eigenvalue weighted by molar-refractivity contribution is -0.117. The number of hydrogen-bond acceptors (Lipinski definition) is 5. The second-order valence-electron chi connectivity index (χ2n) is 5.34. The Balaban J connectivity index is 0.00000312. The molecule has 0 saturated carbocycles. The van der Waals surface area contributed by atoms with Crippen molar-refractivity contribution in [1.29, 1.82) is 0 Å². The number of nitrogens with one attached hydrogen (secondary N) is 1. The summed E-state index contributed by atoms with van der Waals surface area (Å²) in [6.07, 6.45) is 1.69. The molecule has 1 unspecified atom stereocenters. The molecule has 0 radical (unpaired) electrons.